The van der Waals surface area contributed by atoms with Crippen LogP contribution in [0.5, 0.6) is 5.75 Å². The maximum Gasteiger partial charge on any atom is 0.255 e. The number of anilines is 1. The summed E-state index contributed by atoms with van der Waals surface area (Å²) in [6.07, 6.45) is 0. The number of para-hydroxylation sites is 1. The van der Waals surface area contributed by atoms with Gasteiger partial charge in [0.05, 0.1) is 23.6 Å². The number of hydrogen-bond donors (Lipinski definition) is 1. The quantitative estimate of drug-likeness (QED) is 0.285. The molecule has 180 valence electrons. The van der Waals surface area contributed by atoms with E-state index in [9.17, 15) is 4.79 Å². The zero-order valence-corrected chi connectivity index (χ0v) is 21.7. The van der Waals surface area contributed by atoms with Gasteiger partial charge in [0.2, 0.25) is 0 Å². The summed E-state index contributed by atoms with van der Waals surface area (Å²) in [5.74, 6) is 0.698. The largest absolute Gasteiger partial charge is 0.488 e. The summed E-state index contributed by atoms with van der Waals surface area (Å²) >= 11 is 12.6. The standard InChI is InChI=1S/C28H27Cl2N3O2/c1-17-7-5-8-18(2)27(17)35-16-21-11-13-22(14-12-21)28(34)31-26-19(3)32-33(20(26)4)15-23-24(29)9-6-10-25(23)30/h5-14H,15-16H2,1-4H3,(H,31,34). The summed E-state index contributed by atoms with van der Waals surface area (Å²) in [5.41, 5.74) is 6.76. The van der Waals surface area contributed by atoms with Gasteiger partial charge in [-0.3, -0.25) is 9.48 Å². The first-order valence-electron chi connectivity index (χ1n) is 11.3. The minimum Gasteiger partial charge on any atom is -0.488 e. The fourth-order valence-electron chi connectivity index (χ4n) is 3.99. The Labute approximate surface area is 215 Å². The Morgan fingerprint density at radius 2 is 1.51 bits per heavy atom. The summed E-state index contributed by atoms with van der Waals surface area (Å²) in [4.78, 5) is 13.0. The third-order valence-electron chi connectivity index (χ3n) is 6.00. The third kappa shape index (κ3) is 5.53. The van der Waals surface area contributed by atoms with Gasteiger partial charge in [-0.05, 0) is 68.7 Å². The average molecular weight is 508 g/mol. The molecule has 1 amide bonds. The molecule has 0 aliphatic rings. The predicted octanol–water partition coefficient (Wildman–Crippen LogP) is 7.30. The molecule has 0 radical (unpaired) electrons. The number of carbonyl (C=O) groups is 1. The maximum atomic E-state index is 13.0. The molecule has 1 aromatic heterocycles. The first kappa shape index (κ1) is 24.8. The van der Waals surface area contributed by atoms with Crippen molar-refractivity contribution in [1.29, 1.82) is 0 Å². The number of nitrogens with one attached hydrogen (secondary N) is 1. The first-order valence-corrected chi connectivity index (χ1v) is 12.1. The van der Waals surface area contributed by atoms with Crippen molar-refractivity contribution >= 4 is 34.8 Å². The SMILES string of the molecule is Cc1cccc(C)c1OCc1ccc(C(=O)Nc2c(C)nn(Cc3c(Cl)cccc3Cl)c2C)cc1. The summed E-state index contributed by atoms with van der Waals surface area (Å²) < 4.78 is 7.82. The Morgan fingerprint density at radius 3 is 2.14 bits per heavy atom. The molecule has 0 aliphatic heterocycles. The van der Waals surface area contributed by atoms with Crippen LogP contribution in [0, 0.1) is 27.7 Å². The van der Waals surface area contributed by atoms with E-state index in [0.717, 1.165) is 39.4 Å². The highest BCUT2D eigenvalue weighted by atomic mass is 35.5. The van der Waals surface area contributed by atoms with Crippen LogP contribution in [0.3, 0.4) is 0 Å². The van der Waals surface area contributed by atoms with E-state index in [-0.39, 0.29) is 5.91 Å². The normalized spacial score (nSPS) is 10.9. The Hall–Kier alpha value is -3.28. The molecule has 4 rings (SSSR count). The molecule has 0 atom stereocenters. The summed E-state index contributed by atoms with van der Waals surface area (Å²) in [7, 11) is 0. The number of halogens is 2. The van der Waals surface area contributed by atoms with Crippen LogP contribution in [0.15, 0.2) is 60.7 Å². The van der Waals surface area contributed by atoms with E-state index in [1.165, 1.54) is 0 Å². The van der Waals surface area contributed by atoms with Gasteiger partial charge in [-0.2, -0.15) is 5.10 Å². The minimum absolute atomic E-state index is 0.200. The molecular formula is C28H27Cl2N3O2. The summed E-state index contributed by atoms with van der Waals surface area (Å²) in [5, 5.41) is 8.75. The van der Waals surface area contributed by atoms with Crippen molar-refractivity contribution in [2.75, 3.05) is 5.32 Å². The van der Waals surface area contributed by atoms with Crippen LogP contribution in [0.4, 0.5) is 5.69 Å². The van der Waals surface area contributed by atoms with Crippen molar-refractivity contribution in [3.05, 3.63) is 110 Å². The van der Waals surface area contributed by atoms with E-state index in [1.54, 1.807) is 28.9 Å². The lowest BCUT2D eigenvalue weighted by Gasteiger charge is -2.12. The molecule has 1 heterocycles. The van der Waals surface area contributed by atoms with Gasteiger partial charge >= 0.3 is 0 Å². The molecule has 1 N–H and O–H groups in total. The Bertz CT molecular complexity index is 1340. The lowest BCUT2D eigenvalue weighted by atomic mass is 10.1. The van der Waals surface area contributed by atoms with E-state index >= 15 is 0 Å². The second-order valence-electron chi connectivity index (χ2n) is 8.56. The first-order chi connectivity index (χ1) is 16.7. The Balaban J connectivity index is 1.44. The molecule has 4 aromatic rings. The molecule has 0 fully saturated rings. The zero-order chi connectivity index (χ0) is 25.1. The van der Waals surface area contributed by atoms with Crippen molar-refractivity contribution in [3.8, 4) is 5.75 Å². The minimum atomic E-state index is -0.200. The van der Waals surface area contributed by atoms with Crippen LogP contribution in [0.1, 0.15) is 44.0 Å². The van der Waals surface area contributed by atoms with Gasteiger partial charge in [0.25, 0.3) is 5.91 Å². The van der Waals surface area contributed by atoms with Gasteiger partial charge in [-0.15, -0.1) is 0 Å². The fraction of sp³-hybridized carbons (Fsp3) is 0.214. The number of carbonyl (C=O) groups excluding carboxylic acids is 1. The van der Waals surface area contributed by atoms with Crippen LogP contribution >= 0.6 is 23.2 Å². The van der Waals surface area contributed by atoms with E-state index in [1.807, 2.05) is 64.1 Å². The van der Waals surface area contributed by atoms with Crippen LogP contribution in [0.25, 0.3) is 0 Å². The number of hydrogen-bond acceptors (Lipinski definition) is 3. The number of aryl methyl sites for hydroxylation is 3. The van der Waals surface area contributed by atoms with Crippen molar-refractivity contribution in [3.63, 3.8) is 0 Å². The fourth-order valence-corrected chi connectivity index (χ4v) is 4.50. The number of aromatic nitrogens is 2. The lowest BCUT2D eigenvalue weighted by molar-refractivity contribution is 0.102. The van der Waals surface area contributed by atoms with Crippen LogP contribution < -0.4 is 10.1 Å². The van der Waals surface area contributed by atoms with E-state index in [2.05, 4.69) is 10.4 Å². The Morgan fingerprint density at radius 1 is 0.914 bits per heavy atom. The monoisotopic (exact) mass is 507 g/mol. The second-order valence-corrected chi connectivity index (χ2v) is 9.38. The lowest BCUT2D eigenvalue weighted by Crippen LogP contribution is -2.13. The highest BCUT2D eigenvalue weighted by Crippen LogP contribution is 2.28. The summed E-state index contributed by atoms with van der Waals surface area (Å²) in [6.45, 7) is 8.69. The van der Waals surface area contributed by atoms with Gasteiger partial charge in [0, 0.05) is 21.2 Å². The molecule has 5 nitrogen and oxygen atoms in total. The maximum absolute atomic E-state index is 13.0. The molecule has 0 saturated carbocycles. The average Bonchev–Trinajstić information content (AvgIpc) is 3.09. The number of amides is 1. The van der Waals surface area contributed by atoms with Gasteiger partial charge in [-0.1, -0.05) is 59.6 Å². The molecule has 0 saturated heterocycles. The highest BCUT2D eigenvalue weighted by Gasteiger charge is 2.17. The molecule has 0 unspecified atom stereocenters. The molecular weight excluding hydrogens is 481 g/mol. The van der Waals surface area contributed by atoms with Gasteiger partial charge in [0.1, 0.15) is 12.4 Å². The molecule has 0 aliphatic carbocycles. The van der Waals surface area contributed by atoms with Gasteiger partial charge in [0.15, 0.2) is 0 Å². The second kappa shape index (κ2) is 10.5. The van der Waals surface area contributed by atoms with Crippen molar-refractivity contribution < 1.29 is 9.53 Å². The van der Waals surface area contributed by atoms with E-state index in [4.69, 9.17) is 27.9 Å². The van der Waals surface area contributed by atoms with Crippen LogP contribution in [-0.2, 0) is 13.2 Å². The zero-order valence-electron chi connectivity index (χ0n) is 20.2. The van der Waals surface area contributed by atoms with Crippen LogP contribution in [0.2, 0.25) is 10.0 Å². The van der Waals surface area contributed by atoms with Crippen molar-refractivity contribution in [2.45, 2.75) is 40.8 Å². The third-order valence-corrected chi connectivity index (χ3v) is 6.71. The van der Waals surface area contributed by atoms with Gasteiger partial charge in [-0.25, -0.2) is 0 Å². The smallest absolute Gasteiger partial charge is 0.255 e. The topological polar surface area (TPSA) is 56.1 Å². The van der Waals surface area contributed by atoms with Crippen LogP contribution in [-0.4, -0.2) is 15.7 Å². The van der Waals surface area contributed by atoms with E-state index < -0.39 is 0 Å². The molecule has 7 heteroatoms. The molecule has 35 heavy (non-hydrogen) atoms. The predicted molar refractivity (Wildman–Crippen MR) is 142 cm³/mol. The summed E-state index contributed by atoms with van der Waals surface area (Å²) in [6, 6.07) is 18.9. The number of benzene rings is 3. The van der Waals surface area contributed by atoms with E-state index in [0.29, 0.717) is 34.4 Å². The number of rotatable bonds is 7. The highest BCUT2D eigenvalue weighted by molar-refractivity contribution is 6.36. The molecule has 3 aromatic carbocycles. The Kier molecular flexibility index (Phi) is 7.48. The van der Waals surface area contributed by atoms with Gasteiger partial charge < -0.3 is 10.1 Å². The number of ether oxygens (including phenoxy) is 1. The molecule has 0 spiro atoms. The number of nitrogens with zero attached hydrogens (tertiary/aromatic N) is 2. The molecule has 0 bridgehead atoms. The van der Waals surface area contributed by atoms with Crippen molar-refractivity contribution in [2.24, 2.45) is 0 Å². The van der Waals surface area contributed by atoms with Crippen molar-refractivity contribution in [1.82, 2.24) is 9.78 Å².